The van der Waals surface area contributed by atoms with E-state index in [9.17, 15) is 10.2 Å². The maximum atomic E-state index is 9.85. The van der Waals surface area contributed by atoms with E-state index in [1.165, 1.54) is 0 Å². The summed E-state index contributed by atoms with van der Waals surface area (Å²) in [6, 6.07) is 7.80. The summed E-state index contributed by atoms with van der Waals surface area (Å²) in [7, 11) is 0. The van der Waals surface area contributed by atoms with Crippen molar-refractivity contribution in [1.82, 2.24) is 0 Å². The molecule has 1 aromatic carbocycles. The average Bonchev–Trinajstić information content (AvgIpc) is 2.70. The number of fused-ring (bicyclic) bond motifs is 1. The zero-order valence-electron chi connectivity index (χ0n) is 8.13. The highest BCUT2D eigenvalue weighted by Crippen LogP contribution is 2.31. The van der Waals surface area contributed by atoms with E-state index in [0.717, 1.165) is 15.6 Å². The lowest BCUT2D eigenvalue weighted by atomic mass is 10.0. The van der Waals surface area contributed by atoms with E-state index in [1.807, 2.05) is 29.6 Å². The topological polar surface area (TPSA) is 66.5 Å². The van der Waals surface area contributed by atoms with Gasteiger partial charge in [-0.15, -0.1) is 11.3 Å². The molecular weight excluding hydrogens is 210 g/mol. The first kappa shape index (κ1) is 10.6. The Morgan fingerprint density at radius 2 is 2.00 bits per heavy atom. The van der Waals surface area contributed by atoms with Gasteiger partial charge in [0.25, 0.3) is 0 Å². The van der Waals surface area contributed by atoms with Crippen LogP contribution >= 0.6 is 11.3 Å². The fourth-order valence-electron chi connectivity index (χ4n) is 1.56. The molecule has 4 heteroatoms. The predicted molar refractivity (Wildman–Crippen MR) is 61.8 cm³/mol. The molecule has 0 spiro atoms. The molecule has 1 aromatic heterocycles. The van der Waals surface area contributed by atoms with Gasteiger partial charge in [0.05, 0.1) is 6.10 Å². The Labute approximate surface area is 91.8 Å². The van der Waals surface area contributed by atoms with Crippen LogP contribution in [-0.2, 0) is 0 Å². The number of hydrogen-bond acceptors (Lipinski definition) is 4. The third-order valence-corrected chi connectivity index (χ3v) is 3.42. The van der Waals surface area contributed by atoms with E-state index in [4.69, 9.17) is 5.73 Å². The van der Waals surface area contributed by atoms with Crippen LogP contribution in [0.15, 0.2) is 29.6 Å². The quantitative estimate of drug-likeness (QED) is 0.733. The minimum atomic E-state index is -0.900. The highest BCUT2D eigenvalue weighted by Gasteiger charge is 2.19. The van der Waals surface area contributed by atoms with Crippen LogP contribution in [0.3, 0.4) is 0 Å². The van der Waals surface area contributed by atoms with Crippen LogP contribution in [0.25, 0.3) is 10.1 Å². The van der Waals surface area contributed by atoms with E-state index in [2.05, 4.69) is 0 Å². The Kier molecular flexibility index (Phi) is 3.02. The molecule has 0 saturated heterocycles. The Morgan fingerprint density at radius 1 is 1.27 bits per heavy atom. The second kappa shape index (κ2) is 4.28. The lowest BCUT2D eigenvalue weighted by molar-refractivity contribution is 0.0254. The molecule has 0 bridgehead atoms. The van der Waals surface area contributed by atoms with Gasteiger partial charge in [-0.25, -0.2) is 0 Å². The first-order valence-corrected chi connectivity index (χ1v) is 5.64. The Bertz CT molecular complexity index is 455. The van der Waals surface area contributed by atoms with Crippen molar-refractivity contribution in [2.75, 3.05) is 6.54 Å². The largest absolute Gasteiger partial charge is 0.389 e. The molecule has 2 atom stereocenters. The summed E-state index contributed by atoms with van der Waals surface area (Å²) in [4.78, 5) is 0. The lowest BCUT2D eigenvalue weighted by Gasteiger charge is -2.15. The molecule has 15 heavy (non-hydrogen) atoms. The predicted octanol–water partition coefficient (Wildman–Crippen LogP) is 1.25. The van der Waals surface area contributed by atoms with E-state index in [0.29, 0.717) is 0 Å². The minimum Gasteiger partial charge on any atom is -0.389 e. The van der Waals surface area contributed by atoms with E-state index < -0.39 is 12.2 Å². The summed E-state index contributed by atoms with van der Waals surface area (Å²) >= 11 is 1.56. The molecule has 0 saturated carbocycles. The number of aliphatic hydroxyl groups excluding tert-OH is 2. The lowest BCUT2D eigenvalue weighted by Crippen LogP contribution is -2.26. The van der Waals surface area contributed by atoms with Gasteiger partial charge in [-0.3, -0.25) is 0 Å². The van der Waals surface area contributed by atoms with Crippen molar-refractivity contribution in [2.24, 2.45) is 5.73 Å². The third-order valence-electron chi connectivity index (χ3n) is 2.44. The SMILES string of the molecule is NCC(O)C(O)c1csc2ccccc12. The fraction of sp³-hybridized carbons (Fsp3) is 0.273. The van der Waals surface area contributed by atoms with Crippen molar-refractivity contribution >= 4 is 21.4 Å². The average molecular weight is 223 g/mol. The summed E-state index contributed by atoms with van der Waals surface area (Å²) < 4.78 is 1.11. The Hall–Kier alpha value is -0.940. The number of thiophene rings is 1. The summed E-state index contributed by atoms with van der Waals surface area (Å²) in [5, 5.41) is 22.2. The first-order chi connectivity index (χ1) is 7.24. The van der Waals surface area contributed by atoms with Gasteiger partial charge in [0.15, 0.2) is 0 Å². The molecule has 0 radical (unpaired) electrons. The van der Waals surface area contributed by atoms with Crippen LogP contribution in [0, 0.1) is 0 Å². The number of aliphatic hydroxyl groups is 2. The second-order valence-corrected chi connectivity index (χ2v) is 4.35. The molecule has 2 unspecified atom stereocenters. The van der Waals surface area contributed by atoms with Gasteiger partial charge in [0.1, 0.15) is 6.10 Å². The van der Waals surface area contributed by atoms with Gasteiger partial charge in [-0.05, 0) is 16.8 Å². The fourth-order valence-corrected chi connectivity index (χ4v) is 2.55. The molecule has 0 aliphatic rings. The van der Waals surface area contributed by atoms with Crippen molar-refractivity contribution in [3.8, 4) is 0 Å². The zero-order chi connectivity index (χ0) is 10.8. The first-order valence-electron chi connectivity index (χ1n) is 4.76. The molecule has 0 amide bonds. The van der Waals surface area contributed by atoms with E-state index in [1.54, 1.807) is 11.3 Å². The van der Waals surface area contributed by atoms with E-state index in [-0.39, 0.29) is 6.54 Å². The van der Waals surface area contributed by atoms with Crippen LogP contribution in [0.2, 0.25) is 0 Å². The molecule has 4 N–H and O–H groups in total. The van der Waals surface area contributed by atoms with Crippen LogP contribution < -0.4 is 5.73 Å². The number of benzene rings is 1. The molecule has 0 aliphatic heterocycles. The molecule has 2 rings (SSSR count). The monoisotopic (exact) mass is 223 g/mol. The van der Waals surface area contributed by atoms with E-state index >= 15 is 0 Å². The summed E-state index contributed by atoms with van der Waals surface area (Å²) in [5.41, 5.74) is 6.07. The molecule has 2 aromatic rings. The van der Waals surface area contributed by atoms with Crippen molar-refractivity contribution in [1.29, 1.82) is 0 Å². The van der Waals surface area contributed by atoms with Crippen molar-refractivity contribution in [2.45, 2.75) is 12.2 Å². The summed E-state index contributed by atoms with van der Waals surface area (Å²) in [6.45, 7) is 0.0609. The van der Waals surface area contributed by atoms with Gasteiger partial charge < -0.3 is 15.9 Å². The summed E-state index contributed by atoms with van der Waals surface area (Å²) in [5.74, 6) is 0. The molecule has 3 nitrogen and oxygen atoms in total. The smallest absolute Gasteiger partial charge is 0.107 e. The maximum absolute atomic E-state index is 9.85. The Morgan fingerprint density at radius 3 is 2.73 bits per heavy atom. The standard InChI is InChI=1S/C11H13NO2S/c12-5-9(13)11(14)8-6-15-10-4-2-1-3-7(8)10/h1-4,6,9,11,13-14H,5,12H2. The van der Waals surface area contributed by atoms with Crippen molar-refractivity contribution in [3.05, 3.63) is 35.2 Å². The highest BCUT2D eigenvalue weighted by molar-refractivity contribution is 7.17. The molecule has 0 fully saturated rings. The Balaban J connectivity index is 2.43. The van der Waals surface area contributed by atoms with Crippen LogP contribution in [0.1, 0.15) is 11.7 Å². The number of nitrogens with two attached hydrogens (primary N) is 1. The van der Waals surface area contributed by atoms with Gasteiger partial charge in [0, 0.05) is 16.8 Å². The van der Waals surface area contributed by atoms with Crippen molar-refractivity contribution in [3.63, 3.8) is 0 Å². The number of hydrogen-bond donors (Lipinski definition) is 3. The third kappa shape index (κ3) is 1.89. The normalized spacial score (nSPS) is 15.4. The maximum Gasteiger partial charge on any atom is 0.107 e. The van der Waals surface area contributed by atoms with Crippen LogP contribution in [0.4, 0.5) is 0 Å². The molecule has 80 valence electrons. The van der Waals surface area contributed by atoms with Gasteiger partial charge in [-0.1, -0.05) is 18.2 Å². The van der Waals surface area contributed by atoms with Crippen molar-refractivity contribution < 1.29 is 10.2 Å². The molecule has 0 aliphatic carbocycles. The van der Waals surface area contributed by atoms with Gasteiger partial charge in [-0.2, -0.15) is 0 Å². The second-order valence-electron chi connectivity index (χ2n) is 3.44. The van der Waals surface area contributed by atoms with Crippen LogP contribution in [0.5, 0.6) is 0 Å². The van der Waals surface area contributed by atoms with Gasteiger partial charge >= 0.3 is 0 Å². The van der Waals surface area contributed by atoms with Crippen LogP contribution in [-0.4, -0.2) is 22.9 Å². The molecule has 1 heterocycles. The highest BCUT2D eigenvalue weighted by atomic mass is 32.1. The van der Waals surface area contributed by atoms with Gasteiger partial charge in [0.2, 0.25) is 0 Å². The summed E-state index contributed by atoms with van der Waals surface area (Å²) in [6.07, 6.45) is -1.80. The zero-order valence-corrected chi connectivity index (χ0v) is 8.95. The molecular formula is C11H13NO2S. The number of rotatable bonds is 3. The minimum absolute atomic E-state index is 0.0609.